The predicted octanol–water partition coefficient (Wildman–Crippen LogP) is 2.97. The number of H-pyrrole nitrogens is 1. The number of aromatic amines is 1. The number of nitrogens with zero attached hydrogens (tertiary/aromatic N) is 1. The van der Waals surface area contributed by atoms with Crippen LogP contribution in [-0.4, -0.2) is 22.4 Å². The molecule has 2 N–H and O–H groups in total. The first-order chi connectivity index (χ1) is 10.8. The van der Waals surface area contributed by atoms with Gasteiger partial charge in [0, 0.05) is 12.5 Å². The van der Waals surface area contributed by atoms with Gasteiger partial charge in [0.2, 0.25) is 0 Å². The molecule has 0 unspecified atom stereocenters. The second-order valence-electron chi connectivity index (χ2n) is 5.05. The molecule has 0 spiro atoms. The minimum Gasteiger partial charge on any atom is -0.350 e. The highest BCUT2D eigenvalue weighted by Gasteiger charge is 2.16. The van der Waals surface area contributed by atoms with Crippen LogP contribution in [0.3, 0.4) is 0 Å². The van der Waals surface area contributed by atoms with Gasteiger partial charge in [-0.1, -0.05) is 60.7 Å². The highest BCUT2D eigenvalue weighted by atomic mass is 16.1. The minimum atomic E-state index is -0.144. The van der Waals surface area contributed by atoms with E-state index in [-0.39, 0.29) is 11.8 Å². The van der Waals surface area contributed by atoms with Crippen LogP contribution in [0.4, 0.5) is 0 Å². The molecule has 1 heterocycles. The molecule has 0 saturated carbocycles. The maximum absolute atomic E-state index is 12.1. The van der Waals surface area contributed by atoms with E-state index in [1.54, 1.807) is 0 Å². The molecule has 3 aromatic rings. The number of carbonyl (C=O) groups is 1. The van der Waals surface area contributed by atoms with Crippen LogP contribution in [0.1, 0.15) is 27.5 Å². The number of imidazole rings is 1. The van der Waals surface area contributed by atoms with Crippen molar-refractivity contribution in [1.29, 1.82) is 0 Å². The van der Waals surface area contributed by atoms with Gasteiger partial charge in [-0.2, -0.15) is 0 Å². The molecule has 110 valence electrons. The number of nitrogens with one attached hydrogen (secondary N) is 2. The lowest BCUT2D eigenvalue weighted by Gasteiger charge is -2.18. The summed E-state index contributed by atoms with van der Waals surface area (Å²) in [5.74, 6) is -0.0244. The van der Waals surface area contributed by atoms with E-state index in [1.807, 2.05) is 36.4 Å². The molecule has 0 atom stereocenters. The van der Waals surface area contributed by atoms with Crippen molar-refractivity contribution in [3.05, 3.63) is 90.0 Å². The van der Waals surface area contributed by atoms with E-state index in [4.69, 9.17) is 0 Å². The zero-order valence-electron chi connectivity index (χ0n) is 12.1. The summed E-state index contributed by atoms with van der Waals surface area (Å²) >= 11 is 0. The average Bonchev–Trinajstić information content (AvgIpc) is 3.11. The Hall–Kier alpha value is -2.88. The number of benzene rings is 2. The van der Waals surface area contributed by atoms with Crippen LogP contribution >= 0.6 is 0 Å². The van der Waals surface area contributed by atoms with Crippen LogP contribution in [-0.2, 0) is 0 Å². The Balaban J connectivity index is 1.79. The van der Waals surface area contributed by atoms with Crippen LogP contribution in [0.2, 0.25) is 0 Å². The van der Waals surface area contributed by atoms with Crippen molar-refractivity contribution in [1.82, 2.24) is 15.3 Å². The summed E-state index contributed by atoms with van der Waals surface area (Å²) in [7, 11) is 0. The standard InChI is InChI=1S/C18H17N3O/c22-18(17-12-19-13-21-17)20-11-16(14-7-3-1-4-8-14)15-9-5-2-6-10-15/h1-10,12-13,16H,11H2,(H,19,21)(H,20,22). The summed E-state index contributed by atoms with van der Waals surface area (Å²) in [4.78, 5) is 18.8. The van der Waals surface area contributed by atoms with Gasteiger partial charge in [0.1, 0.15) is 5.69 Å². The van der Waals surface area contributed by atoms with Gasteiger partial charge >= 0.3 is 0 Å². The van der Waals surface area contributed by atoms with E-state index in [0.29, 0.717) is 12.2 Å². The van der Waals surface area contributed by atoms with E-state index >= 15 is 0 Å². The van der Waals surface area contributed by atoms with Crippen LogP contribution in [0, 0.1) is 0 Å². The molecule has 0 aliphatic heterocycles. The third-order valence-electron chi connectivity index (χ3n) is 3.61. The van der Waals surface area contributed by atoms with Crippen molar-refractivity contribution < 1.29 is 4.79 Å². The SMILES string of the molecule is O=C(NCC(c1ccccc1)c1ccccc1)c1cnc[nH]1. The van der Waals surface area contributed by atoms with E-state index in [2.05, 4.69) is 39.6 Å². The summed E-state index contributed by atoms with van der Waals surface area (Å²) in [6.45, 7) is 0.534. The van der Waals surface area contributed by atoms with Crippen LogP contribution < -0.4 is 5.32 Å². The maximum Gasteiger partial charge on any atom is 0.269 e. The fourth-order valence-electron chi connectivity index (χ4n) is 2.47. The molecule has 0 radical (unpaired) electrons. The summed E-state index contributed by atoms with van der Waals surface area (Å²) in [5.41, 5.74) is 2.83. The molecule has 0 fully saturated rings. The monoisotopic (exact) mass is 291 g/mol. The molecule has 0 aliphatic rings. The van der Waals surface area contributed by atoms with Gasteiger partial charge in [-0.05, 0) is 11.1 Å². The average molecular weight is 291 g/mol. The highest BCUT2D eigenvalue weighted by Crippen LogP contribution is 2.23. The van der Waals surface area contributed by atoms with Crippen molar-refractivity contribution in [2.75, 3.05) is 6.54 Å². The molecule has 0 saturated heterocycles. The number of hydrogen-bond acceptors (Lipinski definition) is 2. The van der Waals surface area contributed by atoms with Crippen molar-refractivity contribution >= 4 is 5.91 Å². The van der Waals surface area contributed by atoms with Gasteiger partial charge in [-0.15, -0.1) is 0 Å². The topological polar surface area (TPSA) is 57.8 Å². The zero-order chi connectivity index (χ0) is 15.2. The highest BCUT2D eigenvalue weighted by molar-refractivity contribution is 5.92. The van der Waals surface area contributed by atoms with Gasteiger partial charge in [-0.25, -0.2) is 4.98 Å². The quantitative estimate of drug-likeness (QED) is 0.759. The van der Waals surface area contributed by atoms with Crippen molar-refractivity contribution in [2.24, 2.45) is 0 Å². The van der Waals surface area contributed by atoms with Gasteiger partial charge in [-0.3, -0.25) is 4.79 Å². The Bertz CT molecular complexity index is 669. The Morgan fingerprint density at radius 1 is 1.00 bits per heavy atom. The van der Waals surface area contributed by atoms with Gasteiger partial charge in [0.25, 0.3) is 5.91 Å². The fraction of sp³-hybridized carbons (Fsp3) is 0.111. The van der Waals surface area contributed by atoms with Crippen molar-refractivity contribution in [3.8, 4) is 0 Å². The number of hydrogen-bond donors (Lipinski definition) is 2. The lowest BCUT2D eigenvalue weighted by Crippen LogP contribution is -2.29. The lowest BCUT2D eigenvalue weighted by atomic mass is 9.91. The van der Waals surface area contributed by atoms with E-state index in [1.165, 1.54) is 23.7 Å². The third-order valence-corrected chi connectivity index (χ3v) is 3.61. The molecular formula is C18H17N3O. The summed E-state index contributed by atoms with van der Waals surface area (Å²) < 4.78 is 0. The largest absolute Gasteiger partial charge is 0.350 e. The smallest absolute Gasteiger partial charge is 0.269 e. The van der Waals surface area contributed by atoms with Crippen LogP contribution in [0.15, 0.2) is 73.2 Å². The Morgan fingerprint density at radius 3 is 2.09 bits per heavy atom. The molecule has 3 rings (SSSR count). The number of rotatable bonds is 5. The Labute approximate surface area is 129 Å². The first-order valence-corrected chi connectivity index (χ1v) is 7.21. The zero-order valence-corrected chi connectivity index (χ0v) is 12.1. The number of aromatic nitrogens is 2. The Morgan fingerprint density at radius 2 is 1.59 bits per heavy atom. The summed E-state index contributed by atoms with van der Waals surface area (Å²) in [6.07, 6.45) is 3.02. The van der Waals surface area contributed by atoms with Gasteiger partial charge in [0.05, 0.1) is 12.5 Å². The van der Waals surface area contributed by atoms with E-state index < -0.39 is 0 Å². The number of amides is 1. The van der Waals surface area contributed by atoms with Gasteiger partial charge < -0.3 is 10.3 Å². The molecule has 0 aliphatic carbocycles. The molecule has 1 amide bonds. The third kappa shape index (κ3) is 3.23. The Kier molecular flexibility index (Phi) is 4.30. The first kappa shape index (κ1) is 14.1. The molecule has 22 heavy (non-hydrogen) atoms. The first-order valence-electron chi connectivity index (χ1n) is 7.21. The summed E-state index contributed by atoms with van der Waals surface area (Å²) in [6, 6.07) is 20.4. The molecule has 1 aromatic heterocycles. The molecule has 4 heteroatoms. The van der Waals surface area contributed by atoms with Crippen molar-refractivity contribution in [2.45, 2.75) is 5.92 Å². The van der Waals surface area contributed by atoms with Crippen LogP contribution in [0.5, 0.6) is 0 Å². The summed E-state index contributed by atoms with van der Waals surface area (Å²) in [5, 5.41) is 2.97. The van der Waals surface area contributed by atoms with Gasteiger partial charge in [0.15, 0.2) is 0 Å². The predicted molar refractivity (Wildman–Crippen MR) is 85.6 cm³/mol. The minimum absolute atomic E-state index is 0.120. The number of carbonyl (C=O) groups excluding carboxylic acids is 1. The van der Waals surface area contributed by atoms with E-state index in [0.717, 1.165) is 0 Å². The molecule has 0 bridgehead atoms. The second-order valence-corrected chi connectivity index (χ2v) is 5.05. The molecule has 2 aromatic carbocycles. The second kappa shape index (κ2) is 6.72. The maximum atomic E-state index is 12.1. The molecule has 4 nitrogen and oxygen atoms in total. The fourth-order valence-corrected chi connectivity index (χ4v) is 2.47. The lowest BCUT2D eigenvalue weighted by molar-refractivity contribution is 0.0948. The van der Waals surface area contributed by atoms with Crippen molar-refractivity contribution in [3.63, 3.8) is 0 Å². The normalized spacial score (nSPS) is 10.6. The van der Waals surface area contributed by atoms with Crippen LogP contribution in [0.25, 0.3) is 0 Å². The molecular weight excluding hydrogens is 274 g/mol. The van der Waals surface area contributed by atoms with E-state index in [9.17, 15) is 4.79 Å².